The lowest BCUT2D eigenvalue weighted by molar-refractivity contribution is 0.544. The number of halogens is 1. The van der Waals surface area contributed by atoms with E-state index in [4.69, 9.17) is 17.3 Å². The summed E-state index contributed by atoms with van der Waals surface area (Å²) in [5.74, 6) is 0. The first-order valence-electron chi connectivity index (χ1n) is 7.15. The summed E-state index contributed by atoms with van der Waals surface area (Å²) in [5, 5.41) is 2.98. The van der Waals surface area contributed by atoms with Crippen LogP contribution in [0, 0.1) is 6.92 Å². The first-order chi connectivity index (χ1) is 8.66. The lowest BCUT2D eigenvalue weighted by atomic mass is 10.0. The zero-order chi connectivity index (χ0) is 13.4. The van der Waals surface area contributed by atoms with E-state index >= 15 is 0 Å². The summed E-state index contributed by atoms with van der Waals surface area (Å²) in [7, 11) is 0. The highest BCUT2D eigenvalue weighted by molar-refractivity contribution is 7.10. The highest BCUT2D eigenvalue weighted by Crippen LogP contribution is 2.33. The fraction of sp³-hybridized carbons (Fsp3) is 0.733. The molecule has 18 heavy (non-hydrogen) atoms. The molecule has 0 aliphatic heterocycles. The minimum Gasteiger partial charge on any atom is -0.323 e. The van der Waals surface area contributed by atoms with Crippen molar-refractivity contribution in [3.05, 3.63) is 20.8 Å². The molecule has 1 aromatic heterocycles. The Morgan fingerprint density at radius 2 is 1.78 bits per heavy atom. The molecule has 0 aromatic carbocycles. The number of unbranched alkanes of at least 4 members (excludes halogenated alkanes) is 6. The summed E-state index contributed by atoms with van der Waals surface area (Å²) < 4.78 is 0. The molecule has 0 saturated carbocycles. The second kappa shape index (κ2) is 8.95. The molecule has 1 rings (SSSR count). The van der Waals surface area contributed by atoms with Crippen molar-refractivity contribution < 1.29 is 0 Å². The summed E-state index contributed by atoms with van der Waals surface area (Å²) in [4.78, 5) is 1.17. The highest BCUT2D eigenvalue weighted by Gasteiger charge is 2.13. The Bertz CT molecular complexity index is 335. The molecule has 0 bridgehead atoms. The largest absolute Gasteiger partial charge is 0.323 e. The van der Waals surface area contributed by atoms with Crippen LogP contribution in [0.5, 0.6) is 0 Å². The van der Waals surface area contributed by atoms with Gasteiger partial charge in [-0.25, -0.2) is 0 Å². The minimum atomic E-state index is 0.131. The van der Waals surface area contributed by atoms with Crippen LogP contribution in [0.4, 0.5) is 0 Å². The molecule has 0 amide bonds. The van der Waals surface area contributed by atoms with E-state index in [1.165, 1.54) is 49.8 Å². The van der Waals surface area contributed by atoms with Crippen molar-refractivity contribution in [1.29, 1.82) is 0 Å². The molecule has 0 saturated heterocycles. The van der Waals surface area contributed by atoms with Crippen LogP contribution in [-0.2, 0) is 0 Å². The first-order valence-corrected chi connectivity index (χ1v) is 8.41. The van der Waals surface area contributed by atoms with Crippen LogP contribution in [0.2, 0.25) is 5.02 Å². The van der Waals surface area contributed by atoms with E-state index in [0.717, 1.165) is 17.0 Å². The van der Waals surface area contributed by atoms with Gasteiger partial charge in [-0.1, -0.05) is 63.5 Å². The highest BCUT2D eigenvalue weighted by atomic mass is 35.5. The van der Waals surface area contributed by atoms with Crippen LogP contribution >= 0.6 is 22.9 Å². The molecule has 104 valence electrons. The minimum absolute atomic E-state index is 0.131. The molecular weight excluding hydrogens is 262 g/mol. The molecular formula is C15H26ClNS. The van der Waals surface area contributed by atoms with Gasteiger partial charge in [0.1, 0.15) is 0 Å². The maximum atomic E-state index is 6.23. The van der Waals surface area contributed by atoms with E-state index in [1.54, 1.807) is 11.3 Å². The molecule has 0 aliphatic rings. The van der Waals surface area contributed by atoms with Gasteiger partial charge in [0.25, 0.3) is 0 Å². The summed E-state index contributed by atoms with van der Waals surface area (Å²) >= 11 is 7.93. The number of nitrogens with two attached hydrogens (primary N) is 1. The summed E-state index contributed by atoms with van der Waals surface area (Å²) in [5.41, 5.74) is 7.36. The average Bonchev–Trinajstić information content (AvgIpc) is 2.69. The Morgan fingerprint density at radius 1 is 1.17 bits per heavy atom. The standard InChI is InChI=1S/C15H26ClNS/c1-3-4-5-6-7-8-9-10-13(17)15-14(16)12(2)11-18-15/h11,13H,3-10,17H2,1-2H3. The Kier molecular flexibility index (Phi) is 7.96. The Balaban J connectivity index is 2.14. The van der Waals surface area contributed by atoms with E-state index in [2.05, 4.69) is 12.3 Å². The van der Waals surface area contributed by atoms with Crippen LogP contribution < -0.4 is 5.73 Å². The molecule has 1 unspecified atom stereocenters. The Labute approximate surface area is 121 Å². The maximum absolute atomic E-state index is 6.23. The zero-order valence-corrected chi connectivity index (χ0v) is 13.2. The zero-order valence-electron chi connectivity index (χ0n) is 11.7. The van der Waals surface area contributed by atoms with Gasteiger partial charge < -0.3 is 5.73 Å². The molecule has 1 nitrogen and oxygen atoms in total. The quantitative estimate of drug-likeness (QED) is 0.566. The third kappa shape index (κ3) is 5.29. The fourth-order valence-corrected chi connectivity index (χ4v) is 3.52. The van der Waals surface area contributed by atoms with Crippen LogP contribution in [-0.4, -0.2) is 0 Å². The van der Waals surface area contributed by atoms with Gasteiger partial charge in [-0.3, -0.25) is 0 Å². The second-order valence-electron chi connectivity index (χ2n) is 5.11. The smallest absolute Gasteiger partial charge is 0.0590 e. The SMILES string of the molecule is CCCCCCCCCC(N)c1scc(C)c1Cl. The van der Waals surface area contributed by atoms with Crippen LogP contribution in [0.25, 0.3) is 0 Å². The van der Waals surface area contributed by atoms with E-state index in [9.17, 15) is 0 Å². The van der Waals surface area contributed by atoms with Crippen molar-refractivity contribution in [3.8, 4) is 0 Å². The van der Waals surface area contributed by atoms with Crippen LogP contribution in [0.3, 0.4) is 0 Å². The monoisotopic (exact) mass is 287 g/mol. The van der Waals surface area contributed by atoms with Crippen molar-refractivity contribution in [3.63, 3.8) is 0 Å². The van der Waals surface area contributed by atoms with E-state index in [-0.39, 0.29) is 6.04 Å². The van der Waals surface area contributed by atoms with Crippen LogP contribution in [0.1, 0.15) is 74.8 Å². The summed E-state index contributed by atoms with van der Waals surface area (Å²) in [6.07, 6.45) is 10.4. The molecule has 0 spiro atoms. The number of thiophene rings is 1. The van der Waals surface area contributed by atoms with Gasteiger partial charge in [0.2, 0.25) is 0 Å². The molecule has 1 aromatic rings. The molecule has 0 aliphatic carbocycles. The van der Waals surface area contributed by atoms with E-state index < -0.39 is 0 Å². The second-order valence-corrected chi connectivity index (χ2v) is 6.40. The number of aryl methyl sites for hydroxylation is 1. The molecule has 0 fully saturated rings. The number of rotatable bonds is 9. The van der Waals surface area contributed by atoms with E-state index in [1.807, 2.05) is 6.92 Å². The topological polar surface area (TPSA) is 26.0 Å². The van der Waals surface area contributed by atoms with Gasteiger partial charge >= 0.3 is 0 Å². The van der Waals surface area contributed by atoms with Crippen LogP contribution in [0.15, 0.2) is 5.38 Å². The Morgan fingerprint density at radius 3 is 2.33 bits per heavy atom. The summed E-state index contributed by atoms with van der Waals surface area (Å²) in [6.45, 7) is 4.30. The third-order valence-electron chi connectivity index (χ3n) is 3.38. The van der Waals surface area contributed by atoms with Crippen molar-refractivity contribution in [2.75, 3.05) is 0 Å². The van der Waals surface area contributed by atoms with Gasteiger partial charge in [0.05, 0.1) is 5.02 Å². The van der Waals surface area contributed by atoms with Crippen molar-refractivity contribution in [2.24, 2.45) is 5.73 Å². The predicted molar refractivity (Wildman–Crippen MR) is 83.6 cm³/mol. The predicted octanol–water partition coefficient (Wildman–Crippen LogP) is 5.85. The van der Waals surface area contributed by atoms with Crippen molar-refractivity contribution in [2.45, 2.75) is 71.3 Å². The molecule has 2 N–H and O–H groups in total. The molecule has 0 radical (unpaired) electrons. The van der Waals surface area contributed by atoms with Gasteiger partial charge in [0.15, 0.2) is 0 Å². The fourth-order valence-electron chi connectivity index (χ4n) is 2.15. The molecule has 3 heteroatoms. The molecule has 1 heterocycles. The van der Waals surface area contributed by atoms with Crippen molar-refractivity contribution >= 4 is 22.9 Å². The van der Waals surface area contributed by atoms with Crippen molar-refractivity contribution in [1.82, 2.24) is 0 Å². The lowest BCUT2D eigenvalue weighted by Gasteiger charge is -2.10. The third-order valence-corrected chi connectivity index (χ3v) is 5.23. The van der Waals surface area contributed by atoms with Gasteiger partial charge in [-0.05, 0) is 24.3 Å². The first kappa shape index (κ1) is 16.0. The maximum Gasteiger partial charge on any atom is 0.0590 e. The number of hydrogen-bond acceptors (Lipinski definition) is 2. The molecule has 1 atom stereocenters. The summed E-state index contributed by atoms with van der Waals surface area (Å²) in [6, 6.07) is 0.131. The number of hydrogen-bond donors (Lipinski definition) is 1. The Hall–Kier alpha value is -0.0500. The van der Waals surface area contributed by atoms with Gasteiger partial charge in [0, 0.05) is 10.9 Å². The normalized spacial score (nSPS) is 12.9. The van der Waals surface area contributed by atoms with Gasteiger partial charge in [-0.2, -0.15) is 0 Å². The average molecular weight is 288 g/mol. The van der Waals surface area contributed by atoms with Gasteiger partial charge in [-0.15, -0.1) is 11.3 Å². The van der Waals surface area contributed by atoms with E-state index in [0.29, 0.717) is 0 Å². The lowest BCUT2D eigenvalue weighted by Crippen LogP contribution is -2.08.